The standard InChI is InChI=1S/C21H18N2O4/c1-25-18-7-8-19-15(13-26-20(19)12-18)11-21(24)27-14-16-9-10-23(22-16)17-5-3-2-4-6-17/h2-10,12-13H,11,14H2,1H3. The molecule has 0 saturated carbocycles. The van der Waals surface area contributed by atoms with Crippen LogP contribution in [0.25, 0.3) is 16.7 Å². The fourth-order valence-corrected chi connectivity index (χ4v) is 2.85. The third-order valence-electron chi connectivity index (χ3n) is 4.24. The van der Waals surface area contributed by atoms with Crippen LogP contribution >= 0.6 is 0 Å². The van der Waals surface area contributed by atoms with Crippen molar-refractivity contribution in [1.82, 2.24) is 9.78 Å². The molecule has 0 amide bonds. The van der Waals surface area contributed by atoms with Crippen LogP contribution in [0.1, 0.15) is 11.3 Å². The minimum atomic E-state index is -0.331. The van der Waals surface area contributed by atoms with E-state index in [9.17, 15) is 4.79 Å². The molecule has 0 atom stereocenters. The number of ether oxygens (including phenoxy) is 2. The topological polar surface area (TPSA) is 66.5 Å². The molecule has 2 heterocycles. The van der Waals surface area contributed by atoms with Crippen LogP contribution in [-0.4, -0.2) is 22.9 Å². The van der Waals surface area contributed by atoms with Gasteiger partial charge < -0.3 is 13.9 Å². The lowest BCUT2D eigenvalue weighted by molar-refractivity contribution is -0.144. The number of hydrogen-bond donors (Lipinski definition) is 0. The first-order valence-electron chi connectivity index (χ1n) is 8.52. The van der Waals surface area contributed by atoms with Gasteiger partial charge in [0.05, 0.1) is 25.5 Å². The summed E-state index contributed by atoms with van der Waals surface area (Å²) >= 11 is 0. The quantitative estimate of drug-likeness (QED) is 0.487. The number of carbonyl (C=O) groups excluding carboxylic acids is 1. The molecule has 0 bridgehead atoms. The molecule has 6 nitrogen and oxygen atoms in total. The van der Waals surface area contributed by atoms with Crippen molar-refractivity contribution in [2.24, 2.45) is 0 Å². The lowest BCUT2D eigenvalue weighted by Gasteiger charge is -2.03. The Morgan fingerprint density at radius 1 is 1.15 bits per heavy atom. The summed E-state index contributed by atoms with van der Waals surface area (Å²) in [4.78, 5) is 12.2. The molecule has 0 N–H and O–H groups in total. The monoisotopic (exact) mass is 362 g/mol. The highest BCUT2D eigenvalue weighted by atomic mass is 16.5. The Bertz CT molecular complexity index is 1070. The lowest BCUT2D eigenvalue weighted by Crippen LogP contribution is -2.08. The Morgan fingerprint density at radius 2 is 2.00 bits per heavy atom. The van der Waals surface area contributed by atoms with Gasteiger partial charge in [0.25, 0.3) is 0 Å². The Kier molecular flexibility index (Phi) is 4.61. The van der Waals surface area contributed by atoms with Crippen LogP contribution in [0.3, 0.4) is 0 Å². The first-order valence-corrected chi connectivity index (χ1v) is 8.52. The molecular weight excluding hydrogens is 344 g/mol. The molecule has 27 heavy (non-hydrogen) atoms. The second-order valence-corrected chi connectivity index (χ2v) is 6.05. The van der Waals surface area contributed by atoms with E-state index in [0.717, 1.165) is 16.6 Å². The third kappa shape index (κ3) is 3.69. The number of para-hydroxylation sites is 1. The van der Waals surface area contributed by atoms with Crippen molar-refractivity contribution in [1.29, 1.82) is 0 Å². The van der Waals surface area contributed by atoms with Crippen molar-refractivity contribution >= 4 is 16.9 Å². The number of hydrogen-bond acceptors (Lipinski definition) is 5. The normalized spacial score (nSPS) is 10.9. The SMILES string of the molecule is COc1ccc2c(CC(=O)OCc3ccn(-c4ccccc4)n3)coc2c1. The minimum Gasteiger partial charge on any atom is -0.497 e. The number of fused-ring (bicyclic) bond motifs is 1. The molecule has 0 aliphatic heterocycles. The average molecular weight is 362 g/mol. The molecular formula is C21H18N2O4. The van der Waals surface area contributed by atoms with E-state index in [1.54, 1.807) is 24.1 Å². The molecule has 6 heteroatoms. The van der Waals surface area contributed by atoms with Gasteiger partial charge in [-0.15, -0.1) is 0 Å². The minimum absolute atomic E-state index is 0.127. The highest BCUT2D eigenvalue weighted by molar-refractivity contribution is 5.86. The number of nitrogens with zero attached hydrogens (tertiary/aromatic N) is 2. The Hall–Kier alpha value is -3.54. The van der Waals surface area contributed by atoms with Crippen LogP contribution < -0.4 is 4.74 Å². The summed E-state index contributed by atoms with van der Waals surface area (Å²) < 4.78 is 17.8. The van der Waals surface area contributed by atoms with E-state index in [-0.39, 0.29) is 19.0 Å². The molecule has 0 aliphatic carbocycles. The van der Waals surface area contributed by atoms with Crippen molar-refractivity contribution in [2.75, 3.05) is 7.11 Å². The fraction of sp³-hybridized carbons (Fsp3) is 0.143. The number of methoxy groups -OCH3 is 1. The molecule has 4 aromatic rings. The summed E-state index contributed by atoms with van der Waals surface area (Å²) in [5, 5.41) is 5.30. The van der Waals surface area contributed by atoms with E-state index in [1.807, 2.05) is 54.7 Å². The van der Waals surface area contributed by atoms with Crippen molar-refractivity contribution < 1.29 is 18.7 Å². The molecule has 2 aromatic heterocycles. The highest BCUT2D eigenvalue weighted by Crippen LogP contribution is 2.26. The molecule has 0 saturated heterocycles. The number of benzene rings is 2. The number of carbonyl (C=O) groups is 1. The first-order chi connectivity index (χ1) is 13.2. The van der Waals surface area contributed by atoms with Crippen LogP contribution in [0.5, 0.6) is 5.75 Å². The Labute approximate surface area is 155 Å². The summed E-state index contributed by atoms with van der Waals surface area (Å²) in [6.07, 6.45) is 3.56. The van der Waals surface area contributed by atoms with Crippen molar-refractivity contribution in [2.45, 2.75) is 13.0 Å². The maximum Gasteiger partial charge on any atom is 0.310 e. The second kappa shape index (κ2) is 7.37. The zero-order valence-electron chi connectivity index (χ0n) is 14.8. The molecule has 0 fully saturated rings. The fourth-order valence-electron chi connectivity index (χ4n) is 2.85. The van der Waals surface area contributed by atoms with E-state index in [0.29, 0.717) is 17.0 Å². The van der Waals surface area contributed by atoms with Gasteiger partial charge in [0.1, 0.15) is 23.6 Å². The highest BCUT2D eigenvalue weighted by Gasteiger charge is 2.13. The largest absolute Gasteiger partial charge is 0.497 e. The Morgan fingerprint density at radius 3 is 2.81 bits per heavy atom. The number of furan rings is 1. The molecule has 0 spiro atoms. The smallest absolute Gasteiger partial charge is 0.310 e. The maximum absolute atomic E-state index is 12.2. The summed E-state index contributed by atoms with van der Waals surface area (Å²) in [5.74, 6) is 0.378. The maximum atomic E-state index is 12.2. The van der Waals surface area contributed by atoms with Crippen LogP contribution in [0, 0.1) is 0 Å². The summed E-state index contributed by atoms with van der Waals surface area (Å²) in [7, 11) is 1.60. The molecule has 2 aromatic carbocycles. The second-order valence-electron chi connectivity index (χ2n) is 6.05. The van der Waals surface area contributed by atoms with Gasteiger partial charge in [-0.3, -0.25) is 4.79 Å². The average Bonchev–Trinajstić information content (AvgIpc) is 3.34. The third-order valence-corrected chi connectivity index (χ3v) is 4.24. The van der Waals surface area contributed by atoms with Gasteiger partial charge in [-0.25, -0.2) is 4.68 Å². The Balaban J connectivity index is 1.38. The number of aromatic nitrogens is 2. The molecule has 4 rings (SSSR count). The van der Waals surface area contributed by atoms with Crippen LogP contribution in [0.15, 0.2) is 71.5 Å². The van der Waals surface area contributed by atoms with Crippen LogP contribution in [0.2, 0.25) is 0 Å². The van der Waals surface area contributed by atoms with Crippen LogP contribution in [-0.2, 0) is 22.6 Å². The van der Waals surface area contributed by atoms with E-state index in [4.69, 9.17) is 13.9 Å². The van der Waals surface area contributed by atoms with Crippen molar-refractivity contribution in [3.05, 3.63) is 78.3 Å². The molecule has 0 radical (unpaired) electrons. The molecule has 136 valence electrons. The van der Waals surface area contributed by atoms with E-state index >= 15 is 0 Å². The van der Waals surface area contributed by atoms with Gasteiger partial charge in [0.15, 0.2) is 0 Å². The lowest BCUT2D eigenvalue weighted by atomic mass is 10.1. The molecule has 0 aliphatic rings. The predicted octanol–water partition coefficient (Wildman–Crippen LogP) is 3.91. The van der Waals surface area contributed by atoms with Gasteiger partial charge in [-0.05, 0) is 30.3 Å². The summed E-state index contributed by atoms with van der Waals surface area (Å²) in [6, 6.07) is 17.1. The zero-order valence-corrected chi connectivity index (χ0v) is 14.8. The zero-order chi connectivity index (χ0) is 18.6. The van der Waals surface area contributed by atoms with Crippen molar-refractivity contribution in [3.63, 3.8) is 0 Å². The number of rotatable bonds is 6. The van der Waals surface area contributed by atoms with E-state index in [1.165, 1.54) is 0 Å². The van der Waals surface area contributed by atoms with Crippen LogP contribution in [0.4, 0.5) is 0 Å². The van der Waals surface area contributed by atoms with Crippen molar-refractivity contribution in [3.8, 4) is 11.4 Å². The van der Waals surface area contributed by atoms with E-state index < -0.39 is 0 Å². The number of esters is 1. The van der Waals surface area contributed by atoms with Gasteiger partial charge >= 0.3 is 5.97 Å². The predicted molar refractivity (Wildman–Crippen MR) is 99.8 cm³/mol. The van der Waals surface area contributed by atoms with E-state index in [2.05, 4.69) is 5.10 Å². The summed E-state index contributed by atoms with van der Waals surface area (Å²) in [5.41, 5.74) is 3.11. The van der Waals surface area contributed by atoms with Gasteiger partial charge in [-0.1, -0.05) is 18.2 Å². The van der Waals surface area contributed by atoms with Gasteiger partial charge in [0, 0.05) is 23.2 Å². The summed E-state index contributed by atoms with van der Waals surface area (Å²) in [6.45, 7) is 0.127. The first kappa shape index (κ1) is 16.9. The van der Waals surface area contributed by atoms with Gasteiger partial charge in [-0.2, -0.15) is 5.10 Å². The van der Waals surface area contributed by atoms with Gasteiger partial charge in [0.2, 0.25) is 0 Å². The molecule has 0 unspecified atom stereocenters.